The van der Waals surface area contributed by atoms with Crippen molar-refractivity contribution in [2.75, 3.05) is 11.9 Å². The third kappa shape index (κ3) is 1.90. The number of aromatic nitrogens is 5. The second-order valence-corrected chi connectivity index (χ2v) is 2.97. The summed E-state index contributed by atoms with van der Waals surface area (Å²) < 4.78 is 1.93. The molecule has 2 aromatic heterocycles. The van der Waals surface area contributed by atoms with Crippen LogP contribution in [0.4, 0.5) is 5.95 Å². The highest BCUT2D eigenvalue weighted by Gasteiger charge is 1.98. The molecule has 0 spiro atoms. The predicted octanol–water partition coefficient (Wildman–Crippen LogP) is 0.193. The van der Waals surface area contributed by atoms with Crippen LogP contribution < -0.4 is 5.32 Å². The monoisotopic (exact) mass is 192 g/mol. The summed E-state index contributed by atoms with van der Waals surface area (Å²) >= 11 is 0. The summed E-state index contributed by atoms with van der Waals surface area (Å²) in [6, 6.07) is 0. The van der Waals surface area contributed by atoms with Crippen LogP contribution in [-0.2, 0) is 13.5 Å². The van der Waals surface area contributed by atoms with Gasteiger partial charge in [-0.1, -0.05) is 0 Å². The van der Waals surface area contributed by atoms with Crippen LogP contribution in [0, 0.1) is 0 Å². The molecule has 0 aromatic carbocycles. The molecule has 0 aliphatic rings. The molecular weight excluding hydrogens is 180 g/mol. The van der Waals surface area contributed by atoms with Gasteiger partial charge >= 0.3 is 0 Å². The standard InChI is InChI=1S/C8H12N6/c1-14-5-4-10-8(14)9-3-2-7-11-6-12-13-7/h4-6H,2-3H2,1H3,(H,9,10)(H,11,12,13). The van der Waals surface area contributed by atoms with Crippen molar-refractivity contribution in [2.24, 2.45) is 7.05 Å². The van der Waals surface area contributed by atoms with Crippen LogP contribution in [0.25, 0.3) is 0 Å². The summed E-state index contributed by atoms with van der Waals surface area (Å²) in [4.78, 5) is 8.16. The van der Waals surface area contributed by atoms with Gasteiger partial charge in [0.2, 0.25) is 5.95 Å². The van der Waals surface area contributed by atoms with Gasteiger partial charge in [0, 0.05) is 32.4 Å². The average Bonchev–Trinajstić information content (AvgIpc) is 2.78. The highest BCUT2D eigenvalue weighted by atomic mass is 15.2. The summed E-state index contributed by atoms with van der Waals surface area (Å²) in [5, 5.41) is 9.77. The fourth-order valence-corrected chi connectivity index (χ4v) is 1.18. The summed E-state index contributed by atoms with van der Waals surface area (Å²) in [5.41, 5.74) is 0. The maximum absolute atomic E-state index is 4.14. The van der Waals surface area contributed by atoms with E-state index < -0.39 is 0 Å². The van der Waals surface area contributed by atoms with Crippen LogP contribution in [0.2, 0.25) is 0 Å². The molecule has 0 fully saturated rings. The Kier molecular flexibility index (Phi) is 2.44. The highest BCUT2D eigenvalue weighted by molar-refractivity contribution is 5.25. The lowest BCUT2D eigenvalue weighted by atomic mass is 10.4. The van der Waals surface area contributed by atoms with Gasteiger partial charge in [-0.15, -0.1) is 0 Å². The summed E-state index contributed by atoms with van der Waals surface area (Å²) in [7, 11) is 1.95. The van der Waals surface area contributed by atoms with E-state index in [1.807, 2.05) is 17.8 Å². The Balaban J connectivity index is 1.81. The molecule has 14 heavy (non-hydrogen) atoms. The van der Waals surface area contributed by atoms with Crippen molar-refractivity contribution in [3.8, 4) is 0 Å². The number of anilines is 1. The Morgan fingerprint density at radius 3 is 3.07 bits per heavy atom. The van der Waals surface area contributed by atoms with Gasteiger partial charge in [0.1, 0.15) is 12.2 Å². The zero-order chi connectivity index (χ0) is 9.80. The van der Waals surface area contributed by atoms with Gasteiger partial charge in [0.25, 0.3) is 0 Å². The first kappa shape index (κ1) is 8.74. The Labute approximate surface area is 81.4 Å². The number of hydrogen-bond donors (Lipinski definition) is 2. The fourth-order valence-electron chi connectivity index (χ4n) is 1.18. The van der Waals surface area contributed by atoms with E-state index in [0.717, 1.165) is 24.7 Å². The first-order valence-corrected chi connectivity index (χ1v) is 4.41. The molecule has 2 heterocycles. The molecule has 0 unspecified atom stereocenters. The van der Waals surface area contributed by atoms with Crippen LogP contribution in [0.15, 0.2) is 18.7 Å². The number of aromatic amines is 1. The van der Waals surface area contributed by atoms with Crippen molar-refractivity contribution in [3.05, 3.63) is 24.5 Å². The van der Waals surface area contributed by atoms with E-state index >= 15 is 0 Å². The molecule has 0 atom stereocenters. The lowest BCUT2D eigenvalue weighted by Gasteiger charge is -2.03. The molecule has 0 saturated heterocycles. The number of imidazole rings is 1. The molecule has 0 saturated carbocycles. The van der Waals surface area contributed by atoms with Crippen LogP contribution in [0.1, 0.15) is 5.82 Å². The van der Waals surface area contributed by atoms with E-state index in [9.17, 15) is 0 Å². The summed E-state index contributed by atoms with van der Waals surface area (Å²) in [6.45, 7) is 0.792. The van der Waals surface area contributed by atoms with E-state index in [0.29, 0.717) is 0 Å². The molecule has 2 N–H and O–H groups in total. The van der Waals surface area contributed by atoms with Crippen molar-refractivity contribution in [1.82, 2.24) is 24.7 Å². The number of nitrogens with zero attached hydrogens (tertiary/aromatic N) is 4. The Morgan fingerprint density at radius 1 is 1.50 bits per heavy atom. The third-order valence-electron chi connectivity index (χ3n) is 1.93. The average molecular weight is 192 g/mol. The SMILES string of the molecule is Cn1ccnc1NCCc1ncn[nH]1. The van der Waals surface area contributed by atoms with E-state index in [2.05, 4.69) is 25.5 Å². The van der Waals surface area contributed by atoms with E-state index in [1.165, 1.54) is 6.33 Å². The third-order valence-corrected chi connectivity index (χ3v) is 1.93. The van der Waals surface area contributed by atoms with Crippen LogP contribution in [-0.4, -0.2) is 31.3 Å². The van der Waals surface area contributed by atoms with Gasteiger partial charge in [-0.25, -0.2) is 9.97 Å². The quantitative estimate of drug-likeness (QED) is 0.725. The fraction of sp³-hybridized carbons (Fsp3) is 0.375. The van der Waals surface area contributed by atoms with Crippen LogP contribution in [0.5, 0.6) is 0 Å². The molecule has 0 bridgehead atoms. The minimum atomic E-state index is 0.792. The first-order chi connectivity index (χ1) is 6.86. The number of H-pyrrole nitrogens is 1. The Bertz CT molecular complexity index is 376. The summed E-state index contributed by atoms with van der Waals surface area (Å²) in [6.07, 6.45) is 5.98. The van der Waals surface area contributed by atoms with Gasteiger partial charge in [-0.05, 0) is 0 Å². The van der Waals surface area contributed by atoms with Gasteiger partial charge in [0.05, 0.1) is 0 Å². The van der Waals surface area contributed by atoms with Crippen molar-refractivity contribution in [1.29, 1.82) is 0 Å². The first-order valence-electron chi connectivity index (χ1n) is 4.41. The van der Waals surface area contributed by atoms with Crippen molar-refractivity contribution in [2.45, 2.75) is 6.42 Å². The Morgan fingerprint density at radius 2 is 2.43 bits per heavy atom. The number of rotatable bonds is 4. The van der Waals surface area contributed by atoms with Crippen LogP contribution >= 0.6 is 0 Å². The second kappa shape index (κ2) is 3.91. The zero-order valence-corrected chi connectivity index (χ0v) is 7.94. The summed E-state index contributed by atoms with van der Waals surface area (Å²) in [5.74, 6) is 1.75. The van der Waals surface area contributed by atoms with Gasteiger partial charge in [0.15, 0.2) is 0 Å². The number of nitrogens with one attached hydrogen (secondary N) is 2. The molecular formula is C8H12N6. The van der Waals surface area contributed by atoms with Gasteiger partial charge < -0.3 is 9.88 Å². The number of aryl methyl sites for hydroxylation is 1. The minimum Gasteiger partial charge on any atom is -0.355 e. The van der Waals surface area contributed by atoms with Gasteiger partial charge in [-0.3, -0.25) is 5.10 Å². The van der Waals surface area contributed by atoms with E-state index in [1.54, 1.807) is 6.20 Å². The molecule has 74 valence electrons. The van der Waals surface area contributed by atoms with E-state index in [-0.39, 0.29) is 0 Å². The molecule has 2 aromatic rings. The molecule has 0 amide bonds. The smallest absolute Gasteiger partial charge is 0.202 e. The van der Waals surface area contributed by atoms with Crippen molar-refractivity contribution in [3.63, 3.8) is 0 Å². The molecule has 6 nitrogen and oxygen atoms in total. The Hall–Kier alpha value is -1.85. The lowest BCUT2D eigenvalue weighted by Crippen LogP contribution is -2.09. The molecule has 0 aliphatic carbocycles. The number of hydrogen-bond acceptors (Lipinski definition) is 4. The topological polar surface area (TPSA) is 71.4 Å². The predicted molar refractivity (Wildman–Crippen MR) is 51.8 cm³/mol. The normalized spacial score (nSPS) is 10.4. The minimum absolute atomic E-state index is 0.792. The highest BCUT2D eigenvalue weighted by Crippen LogP contribution is 2.00. The molecule has 2 rings (SSSR count). The molecule has 6 heteroatoms. The maximum atomic E-state index is 4.14. The van der Waals surface area contributed by atoms with Crippen LogP contribution in [0.3, 0.4) is 0 Å². The second-order valence-electron chi connectivity index (χ2n) is 2.97. The lowest BCUT2D eigenvalue weighted by molar-refractivity contribution is 0.860. The molecule has 0 aliphatic heterocycles. The zero-order valence-electron chi connectivity index (χ0n) is 7.94. The largest absolute Gasteiger partial charge is 0.355 e. The van der Waals surface area contributed by atoms with E-state index in [4.69, 9.17) is 0 Å². The van der Waals surface area contributed by atoms with Gasteiger partial charge in [-0.2, -0.15) is 5.10 Å². The molecule has 0 radical (unpaired) electrons. The van der Waals surface area contributed by atoms with Crippen molar-refractivity contribution < 1.29 is 0 Å². The maximum Gasteiger partial charge on any atom is 0.202 e. The van der Waals surface area contributed by atoms with Crippen molar-refractivity contribution >= 4 is 5.95 Å².